The molecule has 2 heterocycles. The molecule has 0 aliphatic rings. The van der Waals surface area contributed by atoms with E-state index in [9.17, 15) is 9.59 Å². The standard InChI is InChI=1S/C20H22N2O3S/c1-13(2)18-21-19-17(15(12-26-19)14-8-5-4-6-9-14)20(24)22(18)11-7-10-16(23)25-3/h4-6,8-9,12-13H,7,10-11H2,1-3H3. The number of esters is 1. The Morgan fingerprint density at radius 2 is 2.00 bits per heavy atom. The van der Waals surface area contributed by atoms with Gasteiger partial charge < -0.3 is 4.74 Å². The monoisotopic (exact) mass is 370 g/mol. The first-order valence-corrected chi connectivity index (χ1v) is 9.55. The predicted molar refractivity (Wildman–Crippen MR) is 105 cm³/mol. The lowest BCUT2D eigenvalue weighted by atomic mass is 10.1. The smallest absolute Gasteiger partial charge is 0.305 e. The number of thiophene rings is 1. The van der Waals surface area contributed by atoms with Crippen LogP contribution >= 0.6 is 11.3 Å². The van der Waals surface area contributed by atoms with E-state index in [1.807, 2.05) is 49.6 Å². The van der Waals surface area contributed by atoms with Gasteiger partial charge in [-0.05, 0) is 12.0 Å². The molecule has 0 fully saturated rings. The third kappa shape index (κ3) is 3.55. The van der Waals surface area contributed by atoms with Gasteiger partial charge in [0.15, 0.2) is 0 Å². The van der Waals surface area contributed by atoms with Crippen molar-refractivity contribution >= 4 is 27.5 Å². The number of methoxy groups -OCH3 is 1. The Kier molecular flexibility index (Phi) is 5.52. The minimum atomic E-state index is -0.265. The summed E-state index contributed by atoms with van der Waals surface area (Å²) < 4.78 is 6.41. The number of carbonyl (C=O) groups is 1. The average Bonchev–Trinajstić information content (AvgIpc) is 3.08. The number of rotatable bonds is 6. The Balaban J connectivity index is 2.09. The molecule has 26 heavy (non-hydrogen) atoms. The molecule has 3 rings (SSSR count). The molecular weight excluding hydrogens is 348 g/mol. The van der Waals surface area contributed by atoms with Gasteiger partial charge in [0.1, 0.15) is 10.7 Å². The summed E-state index contributed by atoms with van der Waals surface area (Å²) >= 11 is 1.50. The van der Waals surface area contributed by atoms with Crippen molar-refractivity contribution in [3.05, 3.63) is 51.9 Å². The molecule has 0 radical (unpaired) electrons. The van der Waals surface area contributed by atoms with Crippen LogP contribution in [0.5, 0.6) is 0 Å². The van der Waals surface area contributed by atoms with Gasteiger partial charge in [-0.3, -0.25) is 14.2 Å². The second-order valence-electron chi connectivity index (χ2n) is 6.46. The molecule has 0 spiro atoms. The Morgan fingerprint density at radius 1 is 1.27 bits per heavy atom. The third-order valence-corrected chi connectivity index (χ3v) is 5.19. The van der Waals surface area contributed by atoms with Crippen molar-refractivity contribution in [3.8, 4) is 11.1 Å². The minimum Gasteiger partial charge on any atom is -0.469 e. The predicted octanol–water partition coefficient (Wildman–Crippen LogP) is 4.20. The summed E-state index contributed by atoms with van der Waals surface area (Å²) in [5.74, 6) is 0.611. The molecule has 0 aliphatic heterocycles. The Hall–Kier alpha value is -2.47. The van der Waals surface area contributed by atoms with Crippen LogP contribution < -0.4 is 5.56 Å². The molecule has 0 aliphatic carbocycles. The second-order valence-corrected chi connectivity index (χ2v) is 7.31. The summed E-state index contributed by atoms with van der Waals surface area (Å²) in [5, 5.41) is 2.65. The van der Waals surface area contributed by atoms with E-state index in [0.717, 1.165) is 21.8 Å². The quantitative estimate of drug-likeness (QED) is 0.610. The van der Waals surface area contributed by atoms with E-state index in [2.05, 4.69) is 0 Å². The van der Waals surface area contributed by atoms with E-state index in [1.165, 1.54) is 18.4 Å². The fraction of sp³-hybridized carbons (Fsp3) is 0.350. The fourth-order valence-corrected chi connectivity index (χ4v) is 3.96. The fourth-order valence-electron chi connectivity index (χ4n) is 3.01. The maximum atomic E-state index is 13.3. The van der Waals surface area contributed by atoms with Crippen molar-refractivity contribution in [2.24, 2.45) is 0 Å². The van der Waals surface area contributed by atoms with Gasteiger partial charge in [0, 0.05) is 29.8 Å². The highest BCUT2D eigenvalue weighted by Crippen LogP contribution is 2.31. The van der Waals surface area contributed by atoms with Crippen LogP contribution in [0.15, 0.2) is 40.5 Å². The molecule has 6 heteroatoms. The summed E-state index contributed by atoms with van der Waals surface area (Å²) in [4.78, 5) is 30.2. The molecule has 0 atom stereocenters. The summed E-state index contributed by atoms with van der Waals surface area (Å²) in [7, 11) is 1.37. The zero-order valence-electron chi connectivity index (χ0n) is 15.2. The van der Waals surface area contributed by atoms with Crippen LogP contribution in [0.4, 0.5) is 0 Å². The van der Waals surface area contributed by atoms with Crippen LogP contribution in [0.25, 0.3) is 21.3 Å². The van der Waals surface area contributed by atoms with Crippen molar-refractivity contribution in [1.82, 2.24) is 9.55 Å². The van der Waals surface area contributed by atoms with E-state index in [4.69, 9.17) is 9.72 Å². The maximum Gasteiger partial charge on any atom is 0.305 e. The number of hydrogen-bond acceptors (Lipinski definition) is 5. The van der Waals surface area contributed by atoms with Crippen LogP contribution in [0.2, 0.25) is 0 Å². The Morgan fingerprint density at radius 3 is 2.65 bits per heavy atom. The van der Waals surface area contributed by atoms with E-state index in [1.54, 1.807) is 4.57 Å². The Bertz CT molecular complexity index is 974. The van der Waals surface area contributed by atoms with Crippen molar-refractivity contribution in [2.45, 2.75) is 39.2 Å². The van der Waals surface area contributed by atoms with Gasteiger partial charge in [-0.25, -0.2) is 4.98 Å². The highest BCUT2D eigenvalue weighted by atomic mass is 32.1. The largest absolute Gasteiger partial charge is 0.469 e. The van der Waals surface area contributed by atoms with Gasteiger partial charge >= 0.3 is 5.97 Å². The third-order valence-electron chi connectivity index (χ3n) is 4.31. The first-order valence-electron chi connectivity index (χ1n) is 8.67. The molecule has 1 aromatic carbocycles. The van der Waals surface area contributed by atoms with E-state index in [0.29, 0.717) is 18.4 Å². The van der Waals surface area contributed by atoms with Gasteiger partial charge in [-0.2, -0.15) is 0 Å². The van der Waals surface area contributed by atoms with E-state index >= 15 is 0 Å². The molecule has 0 saturated heterocycles. The number of benzene rings is 1. The first kappa shape index (κ1) is 18.3. The van der Waals surface area contributed by atoms with Gasteiger partial charge in [0.2, 0.25) is 0 Å². The molecule has 0 bridgehead atoms. The normalized spacial score (nSPS) is 11.2. The summed E-state index contributed by atoms with van der Waals surface area (Å²) in [5.41, 5.74) is 1.89. The molecule has 5 nitrogen and oxygen atoms in total. The molecule has 3 aromatic rings. The molecule has 2 aromatic heterocycles. The van der Waals surface area contributed by atoms with Crippen LogP contribution in [0.3, 0.4) is 0 Å². The molecule has 0 amide bonds. The lowest BCUT2D eigenvalue weighted by molar-refractivity contribution is -0.140. The van der Waals surface area contributed by atoms with Crippen molar-refractivity contribution < 1.29 is 9.53 Å². The van der Waals surface area contributed by atoms with Crippen molar-refractivity contribution in [1.29, 1.82) is 0 Å². The van der Waals surface area contributed by atoms with Crippen LogP contribution in [-0.4, -0.2) is 22.6 Å². The van der Waals surface area contributed by atoms with Gasteiger partial charge in [0.25, 0.3) is 5.56 Å². The molecule has 0 unspecified atom stereocenters. The van der Waals surface area contributed by atoms with Crippen molar-refractivity contribution in [3.63, 3.8) is 0 Å². The first-order chi connectivity index (χ1) is 12.5. The summed E-state index contributed by atoms with van der Waals surface area (Å²) in [6.07, 6.45) is 0.831. The number of hydrogen-bond donors (Lipinski definition) is 0. The number of fused-ring (bicyclic) bond motifs is 1. The van der Waals surface area contributed by atoms with Gasteiger partial charge in [-0.15, -0.1) is 11.3 Å². The molecule has 136 valence electrons. The minimum absolute atomic E-state index is 0.0383. The average molecular weight is 370 g/mol. The highest BCUT2D eigenvalue weighted by Gasteiger charge is 2.18. The van der Waals surface area contributed by atoms with Crippen LogP contribution in [0, 0.1) is 0 Å². The lowest BCUT2D eigenvalue weighted by Crippen LogP contribution is -2.26. The highest BCUT2D eigenvalue weighted by molar-refractivity contribution is 7.17. The van der Waals surface area contributed by atoms with E-state index in [-0.39, 0.29) is 23.9 Å². The Labute approximate surface area is 156 Å². The number of nitrogens with zero attached hydrogens (tertiary/aromatic N) is 2. The number of carbonyl (C=O) groups excluding carboxylic acids is 1. The molecule has 0 N–H and O–H groups in total. The topological polar surface area (TPSA) is 61.2 Å². The summed E-state index contributed by atoms with van der Waals surface area (Å²) in [6, 6.07) is 9.88. The van der Waals surface area contributed by atoms with Crippen LogP contribution in [-0.2, 0) is 16.1 Å². The zero-order chi connectivity index (χ0) is 18.7. The summed E-state index contributed by atoms with van der Waals surface area (Å²) in [6.45, 7) is 4.50. The molecule has 0 saturated carbocycles. The van der Waals surface area contributed by atoms with Gasteiger partial charge in [-0.1, -0.05) is 44.2 Å². The zero-order valence-corrected chi connectivity index (χ0v) is 16.0. The lowest BCUT2D eigenvalue weighted by Gasteiger charge is -2.15. The van der Waals surface area contributed by atoms with E-state index < -0.39 is 0 Å². The van der Waals surface area contributed by atoms with Crippen LogP contribution in [0.1, 0.15) is 38.4 Å². The maximum absolute atomic E-state index is 13.3. The molecular formula is C20H22N2O3S. The van der Waals surface area contributed by atoms with Gasteiger partial charge in [0.05, 0.1) is 12.5 Å². The number of ether oxygens (including phenoxy) is 1. The number of aromatic nitrogens is 2. The van der Waals surface area contributed by atoms with Crippen molar-refractivity contribution in [2.75, 3.05) is 7.11 Å². The second kappa shape index (κ2) is 7.83. The SMILES string of the molecule is COC(=O)CCCn1c(C(C)C)nc2scc(-c3ccccc3)c2c1=O.